The van der Waals surface area contributed by atoms with Crippen molar-refractivity contribution in [2.24, 2.45) is 0 Å². The monoisotopic (exact) mass is 247 g/mol. The molecule has 0 saturated heterocycles. The van der Waals surface area contributed by atoms with Gasteiger partial charge in [-0.05, 0) is 17.6 Å². The molecule has 2 N–H and O–H groups in total. The van der Waals surface area contributed by atoms with Gasteiger partial charge in [-0.25, -0.2) is 4.63 Å². The minimum absolute atomic E-state index is 0.110. The molecule has 1 atom stereocenters. The highest BCUT2D eigenvalue weighted by molar-refractivity contribution is 5.78. The van der Waals surface area contributed by atoms with Crippen LogP contribution in [0, 0.1) is 0 Å². The highest BCUT2D eigenvalue weighted by atomic mass is 16.6. The third kappa shape index (κ3) is 2.65. The molecule has 1 heterocycles. The average molecular weight is 247 g/mol. The number of aromatic nitrogens is 2. The van der Waals surface area contributed by atoms with E-state index in [0.29, 0.717) is 5.69 Å². The Morgan fingerprint density at radius 2 is 2.11 bits per heavy atom. The van der Waals surface area contributed by atoms with E-state index in [-0.39, 0.29) is 12.4 Å². The Balaban J connectivity index is 1.95. The molecule has 0 spiro atoms. The van der Waals surface area contributed by atoms with Crippen LogP contribution in [-0.4, -0.2) is 16.3 Å². The van der Waals surface area contributed by atoms with E-state index in [2.05, 4.69) is 14.9 Å². The Morgan fingerprint density at radius 1 is 1.39 bits per heavy atom. The summed E-state index contributed by atoms with van der Waals surface area (Å²) in [5, 5.41) is 7.00. The lowest BCUT2D eigenvalue weighted by Gasteiger charge is -2.08. The van der Waals surface area contributed by atoms with E-state index >= 15 is 0 Å². The van der Waals surface area contributed by atoms with Gasteiger partial charge < -0.3 is 10.5 Å². The first-order valence-electron chi connectivity index (χ1n) is 5.47. The number of nitrogens with zero attached hydrogens (tertiary/aromatic N) is 2. The molecule has 2 aromatic rings. The summed E-state index contributed by atoms with van der Waals surface area (Å²) < 4.78 is 9.61. The first kappa shape index (κ1) is 12.1. The standard InChI is InChI=1S/C12H13N3O3/c1-8(10-11(13)15-18-14-10)12(16)17-7-9-5-3-2-4-6-9/h2-6,8H,7H2,1H3,(H2,13,15). The van der Waals surface area contributed by atoms with Gasteiger partial charge in [0.15, 0.2) is 5.82 Å². The summed E-state index contributed by atoms with van der Waals surface area (Å²) in [6, 6.07) is 9.42. The van der Waals surface area contributed by atoms with E-state index in [1.807, 2.05) is 30.3 Å². The van der Waals surface area contributed by atoms with Crippen LogP contribution in [0.25, 0.3) is 0 Å². The minimum atomic E-state index is -0.597. The predicted octanol–water partition coefficient (Wildman–Crippen LogP) is 1.50. The first-order valence-corrected chi connectivity index (χ1v) is 5.47. The summed E-state index contributed by atoms with van der Waals surface area (Å²) >= 11 is 0. The fourth-order valence-electron chi connectivity index (χ4n) is 1.47. The maximum Gasteiger partial charge on any atom is 0.315 e. The number of carbonyl (C=O) groups is 1. The summed E-state index contributed by atoms with van der Waals surface area (Å²) in [5.74, 6) is -0.902. The van der Waals surface area contributed by atoms with Crippen LogP contribution in [0.5, 0.6) is 0 Å². The van der Waals surface area contributed by atoms with Crippen LogP contribution in [0.2, 0.25) is 0 Å². The van der Waals surface area contributed by atoms with Crippen molar-refractivity contribution in [3.05, 3.63) is 41.6 Å². The van der Waals surface area contributed by atoms with E-state index < -0.39 is 11.9 Å². The van der Waals surface area contributed by atoms with Crippen molar-refractivity contribution in [2.75, 3.05) is 5.73 Å². The van der Waals surface area contributed by atoms with Crippen molar-refractivity contribution in [3.63, 3.8) is 0 Å². The van der Waals surface area contributed by atoms with Gasteiger partial charge in [0.2, 0.25) is 0 Å². The number of hydrogen-bond donors (Lipinski definition) is 1. The van der Waals surface area contributed by atoms with Crippen molar-refractivity contribution in [1.82, 2.24) is 10.3 Å². The van der Waals surface area contributed by atoms with Crippen LogP contribution >= 0.6 is 0 Å². The average Bonchev–Trinajstić information content (AvgIpc) is 2.82. The first-order chi connectivity index (χ1) is 8.68. The molecule has 94 valence electrons. The fourth-order valence-corrected chi connectivity index (χ4v) is 1.47. The van der Waals surface area contributed by atoms with E-state index in [1.165, 1.54) is 0 Å². The molecule has 18 heavy (non-hydrogen) atoms. The van der Waals surface area contributed by atoms with Crippen molar-refractivity contribution in [1.29, 1.82) is 0 Å². The van der Waals surface area contributed by atoms with Crippen molar-refractivity contribution < 1.29 is 14.2 Å². The number of ether oxygens (including phenoxy) is 1. The van der Waals surface area contributed by atoms with Gasteiger partial charge in [-0.1, -0.05) is 35.5 Å². The Kier molecular flexibility index (Phi) is 3.57. The van der Waals surface area contributed by atoms with E-state index in [0.717, 1.165) is 5.56 Å². The van der Waals surface area contributed by atoms with Crippen molar-refractivity contribution >= 4 is 11.8 Å². The lowest BCUT2D eigenvalue weighted by Crippen LogP contribution is -2.14. The second kappa shape index (κ2) is 5.31. The number of nitrogens with two attached hydrogens (primary N) is 1. The van der Waals surface area contributed by atoms with E-state index in [9.17, 15) is 4.79 Å². The molecule has 1 aromatic carbocycles. The molecule has 1 aromatic heterocycles. The molecule has 0 aliphatic rings. The molecule has 2 rings (SSSR count). The van der Waals surface area contributed by atoms with Crippen LogP contribution in [0.4, 0.5) is 5.82 Å². The second-order valence-corrected chi connectivity index (χ2v) is 3.85. The Morgan fingerprint density at radius 3 is 2.72 bits per heavy atom. The predicted molar refractivity (Wildman–Crippen MR) is 63.4 cm³/mol. The van der Waals surface area contributed by atoms with Crippen LogP contribution in [0.3, 0.4) is 0 Å². The molecule has 0 amide bonds. The maximum atomic E-state index is 11.8. The number of rotatable bonds is 4. The molecule has 0 bridgehead atoms. The van der Waals surface area contributed by atoms with Gasteiger partial charge in [-0.3, -0.25) is 4.79 Å². The number of hydrogen-bond acceptors (Lipinski definition) is 6. The second-order valence-electron chi connectivity index (χ2n) is 3.85. The van der Waals surface area contributed by atoms with Crippen molar-refractivity contribution in [3.8, 4) is 0 Å². The third-order valence-corrected chi connectivity index (χ3v) is 2.53. The van der Waals surface area contributed by atoms with Crippen molar-refractivity contribution in [2.45, 2.75) is 19.4 Å². The van der Waals surface area contributed by atoms with Gasteiger partial charge in [-0.15, -0.1) is 0 Å². The molecule has 0 radical (unpaired) electrons. The quantitative estimate of drug-likeness (QED) is 0.823. The van der Waals surface area contributed by atoms with Gasteiger partial charge in [0.05, 0.1) is 0 Å². The minimum Gasteiger partial charge on any atom is -0.460 e. The molecule has 1 unspecified atom stereocenters. The topological polar surface area (TPSA) is 91.2 Å². The molecule has 0 aliphatic carbocycles. The molecule has 6 nitrogen and oxygen atoms in total. The number of carbonyl (C=O) groups excluding carboxylic acids is 1. The number of benzene rings is 1. The van der Waals surface area contributed by atoms with E-state index in [1.54, 1.807) is 6.92 Å². The van der Waals surface area contributed by atoms with Gasteiger partial charge in [0.25, 0.3) is 0 Å². The van der Waals surface area contributed by atoms with E-state index in [4.69, 9.17) is 10.5 Å². The fraction of sp³-hybridized carbons (Fsp3) is 0.250. The van der Waals surface area contributed by atoms with Gasteiger partial charge in [0.1, 0.15) is 18.2 Å². The molecule has 6 heteroatoms. The molecule has 0 aliphatic heterocycles. The highest BCUT2D eigenvalue weighted by Crippen LogP contribution is 2.19. The number of nitrogen functional groups attached to an aromatic ring is 1. The normalized spacial score (nSPS) is 12.1. The zero-order chi connectivity index (χ0) is 13.0. The van der Waals surface area contributed by atoms with Gasteiger partial charge in [-0.2, -0.15) is 0 Å². The van der Waals surface area contributed by atoms with Crippen LogP contribution < -0.4 is 5.73 Å². The lowest BCUT2D eigenvalue weighted by atomic mass is 10.1. The van der Waals surface area contributed by atoms with Gasteiger partial charge in [0, 0.05) is 0 Å². The number of esters is 1. The van der Waals surface area contributed by atoms with Gasteiger partial charge >= 0.3 is 5.97 Å². The van der Waals surface area contributed by atoms with Crippen LogP contribution in [0.1, 0.15) is 24.1 Å². The number of anilines is 1. The highest BCUT2D eigenvalue weighted by Gasteiger charge is 2.23. The maximum absolute atomic E-state index is 11.8. The third-order valence-electron chi connectivity index (χ3n) is 2.53. The van der Waals surface area contributed by atoms with Crippen LogP contribution in [-0.2, 0) is 16.1 Å². The van der Waals surface area contributed by atoms with Crippen LogP contribution in [0.15, 0.2) is 35.0 Å². The molecule has 0 saturated carbocycles. The molecular weight excluding hydrogens is 234 g/mol. The Bertz CT molecular complexity index is 524. The zero-order valence-corrected chi connectivity index (χ0v) is 9.87. The summed E-state index contributed by atoms with van der Waals surface area (Å²) in [4.78, 5) is 11.8. The molecular formula is C12H13N3O3. The largest absolute Gasteiger partial charge is 0.460 e. The zero-order valence-electron chi connectivity index (χ0n) is 9.87. The lowest BCUT2D eigenvalue weighted by molar-refractivity contribution is -0.146. The Labute approximate surface area is 104 Å². The SMILES string of the molecule is CC(C(=O)OCc1ccccc1)c1nonc1N. The molecule has 0 fully saturated rings. The summed E-state index contributed by atoms with van der Waals surface area (Å²) in [6.45, 7) is 1.86. The summed E-state index contributed by atoms with van der Waals surface area (Å²) in [7, 11) is 0. The Hall–Kier alpha value is -2.37. The summed E-state index contributed by atoms with van der Waals surface area (Å²) in [6.07, 6.45) is 0. The summed E-state index contributed by atoms with van der Waals surface area (Å²) in [5.41, 5.74) is 6.73. The smallest absolute Gasteiger partial charge is 0.315 e.